The highest BCUT2D eigenvalue weighted by atomic mass is 79.9. The van der Waals surface area contributed by atoms with E-state index in [1.807, 2.05) is 20.2 Å². The number of likely N-dealkylation sites (N-methyl/N-ethyl adjacent to an activating group) is 1. The fraction of sp³-hybridized carbons (Fsp3) is 0.385. The minimum atomic E-state index is -0.210. The maximum atomic E-state index is 13.9. The van der Waals surface area contributed by atoms with Crippen LogP contribution < -0.4 is 5.32 Å². The fourth-order valence-electron chi connectivity index (χ4n) is 2.02. The zero-order chi connectivity index (χ0) is 13.8. The minimum absolute atomic E-state index is 0.112. The second kappa shape index (κ2) is 6.25. The van der Waals surface area contributed by atoms with Gasteiger partial charge in [-0.1, -0.05) is 28.1 Å². The van der Waals surface area contributed by atoms with E-state index in [1.54, 1.807) is 16.8 Å². The molecule has 0 aliphatic carbocycles. The van der Waals surface area contributed by atoms with Crippen LogP contribution in [-0.4, -0.2) is 21.5 Å². The van der Waals surface area contributed by atoms with Crippen LogP contribution in [0, 0.1) is 5.82 Å². The molecule has 1 unspecified atom stereocenters. The molecule has 2 rings (SSSR count). The molecule has 0 amide bonds. The minimum Gasteiger partial charge on any atom is -0.310 e. The lowest BCUT2D eigenvalue weighted by atomic mass is 10.0. The maximum absolute atomic E-state index is 13.9. The highest BCUT2D eigenvalue weighted by Gasteiger charge is 2.17. The second-order valence-corrected chi connectivity index (χ2v) is 5.28. The van der Waals surface area contributed by atoms with Crippen LogP contribution in [0.4, 0.5) is 4.39 Å². The predicted octanol–water partition coefficient (Wildman–Crippen LogP) is 2.61. The molecule has 0 aliphatic rings. The zero-order valence-electron chi connectivity index (χ0n) is 10.9. The molecule has 0 saturated carbocycles. The van der Waals surface area contributed by atoms with Gasteiger partial charge in [0, 0.05) is 35.7 Å². The summed E-state index contributed by atoms with van der Waals surface area (Å²) in [6.45, 7) is 2.76. The van der Waals surface area contributed by atoms with Crippen LogP contribution in [0.5, 0.6) is 0 Å². The van der Waals surface area contributed by atoms with E-state index >= 15 is 0 Å². The van der Waals surface area contributed by atoms with Crippen LogP contribution in [0.25, 0.3) is 0 Å². The van der Waals surface area contributed by atoms with E-state index in [9.17, 15) is 4.39 Å². The number of hydrogen-bond donors (Lipinski definition) is 1. The van der Waals surface area contributed by atoms with Gasteiger partial charge in [-0.2, -0.15) is 0 Å². The van der Waals surface area contributed by atoms with Crippen molar-refractivity contribution in [3.63, 3.8) is 0 Å². The smallest absolute Gasteiger partial charge is 0.128 e. The van der Waals surface area contributed by atoms with Crippen LogP contribution in [0.2, 0.25) is 0 Å². The Morgan fingerprint density at radius 1 is 1.47 bits per heavy atom. The predicted molar refractivity (Wildman–Crippen MR) is 75.2 cm³/mol. The number of hydrogen-bond acceptors (Lipinski definition) is 3. The highest BCUT2D eigenvalue weighted by molar-refractivity contribution is 9.10. The van der Waals surface area contributed by atoms with E-state index in [1.165, 1.54) is 6.07 Å². The summed E-state index contributed by atoms with van der Waals surface area (Å²) in [6, 6.07) is 4.86. The molecule has 1 N–H and O–H groups in total. The lowest BCUT2D eigenvalue weighted by Crippen LogP contribution is -2.24. The number of benzene rings is 1. The van der Waals surface area contributed by atoms with Crippen LogP contribution >= 0.6 is 15.9 Å². The summed E-state index contributed by atoms with van der Waals surface area (Å²) in [5.74, 6) is -0.210. The van der Waals surface area contributed by atoms with Crippen molar-refractivity contribution in [2.75, 3.05) is 6.54 Å². The van der Waals surface area contributed by atoms with E-state index in [4.69, 9.17) is 0 Å². The van der Waals surface area contributed by atoms with Crippen molar-refractivity contribution >= 4 is 15.9 Å². The number of nitrogens with zero attached hydrogens (tertiary/aromatic N) is 3. The SMILES string of the molecule is CCNC(Cc1cn(C)nn1)c1cc(Br)ccc1F. The van der Waals surface area contributed by atoms with Crippen LogP contribution in [-0.2, 0) is 13.5 Å². The van der Waals surface area contributed by atoms with Gasteiger partial charge in [-0.25, -0.2) is 4.39 Å². The summed E-state index contributed by atoms with van der Waals surface area (Å²) in [5.41, 5.74) is 1.48. The molecule has 2 aromatic rings. The Morgan fingerprint density at radius 3 is 2.89 bits per heavy atom. The monoisotopic (exact) mass is 326 g/mol. The molecule has 102 valence electrons. The lowest BCUT2D eigenvalue weighted by molar-refractivity contribution is 0.505. The number of nitrogens with one attached hydrogen (secondary N) is 1. The van der Waals surface area contributed by atoms with E-state index in [0.29, 0.717) is 12.0 Å². The number of aryl methyl sites for hydroxylation is 1. The summed E-state index contributed by atoms with van der Waals surface area (Å²) in [7, 11) is 1.82. The first kappa shape index (κ1) is 14.1. The average Bonchev–Trinajstić information content (AvgIpc) is 2.77. The molecule has 4 nitrogen and oxygen atoms in total. The molecule has 0 fully saturated rings. The molecule has 0 radical (unpaired) electrons. The fourth-order valence-corrected chi connectivity index (χ4v) is 2.40. The maximum Gasteiger partial charge on any atom is 0.128 e. The first-order chi connectivity index (χ1) is 9.10. The summed E-state index contributed by atoms with van der Waals surface area (Å²) >= 11 is 3.38. The Hall–Kier alpha value is -1.27. The van der Waals surface area contributed by atoms with Gasteiger partial charge in [0.25, 0.3) is 0 Å². The van der Waals surface area contributed by atoms with Crippen LogP contribution in [0.3, 0.4) is 0 Å². The molecule has 0 bridgehead atoms. The third-order valence-corrected chi connectivity index (χ3v) is 3.34. The molecule has 0 spiro atoms. The number of aromatic nitrogens is 3. The second-order valence-electron chi connectivity index (χ2n) is 4.36. The van der Waals surface area contributed by atoms with Gasteiger partial charge in [0.1, 0.15) is 5.82 Å². The van der Waals surface area contributed by atoms with Gasteiger partial charge in [-0.3, -0.25) is 4.68 Å². The quantitative estimate of drug-likeness (QED) is 0.918. The Kier molecular flexibility index (Phi) is 4.66. The topological polar surface area (TPSA) is 42.7 Å². The van der Waals surface area contributed by atoms with E-state index in [2.05, 4.69) is 31.6 Å². The molecule has 0 aliphatic heterocycles. The average molecular weight is 327 g/mol. The van der Waals surface area contributed by atoms with Gasteiger partial charge in [0.05, 0.1) is 5.69 Å². The third-order valence-electron chi connectivity index (χ3n) is 2.85. The van der Waals surface area contributed by atoms with Crippen molar-refractivity contribution in [2.45, 2.75) is 19.4 Å². The van der Waals surface area contributed by atoms with Crippen LogP contribution in [0.1, 0.15) is 24.2 Å². The standard InChI is InChI=1S/C13H16BrFN4/c1-3-16-13(7-10-8-19(2)18-17-10)11-6-9(14)4-5-12(11)15/h4-6,8,13,16H,3,7H2,1-2H3. The molecule has 1 aromatic carbocycles. The Balaban J connectivity index is 2.26. The van der Waals surface area contributed by atoms with Gasteiger partial charge in [0.15, 0.2) is 0 Å². The summed E-state index contributed by atoms with van der Waals surface area (Å²) in [5, 5.41) is 11.2. The largest absolute Gasteiger partial charge is 0.310 e. The highest BCUT2D eigenvalue weighted by Crippen LogP contribution is 2.24. The molecule has 6 heteroatoms. The summed E-state index contributed by atoms with van der Waals surface area (Å²) in [4.78, 5) is 0. The van der Waals surface area contributed by atoms with E-state index in [-0.39, 0.29) is 11.9 Å². The van der Waals surface area contributed by atoms with Crippen molar-refractivity contribution in [3.8, 4) is 0 Å². The number of rotatable bonds is 5. The van der Waals surface area contributed by atoms with Crippen molar-refractivity contribution in [3.05, 3.63) is 45.9 Å². The van der Waals surface area contributed by atoms with Gasteiger partial charge in [-0.05, 0) is 24.7 Å². The van der Waals surface area contributed by atoms with Gasteiger partial charge in [-0.15, -0.1) is 5.10 Å². The summed E-state index contributed by atoms with van der Waals surface area (Å²) in [6.07, 6.45) is 2.45. The third kappa shape index (κ3) is 3.61. The Bertz CT molecular complexity index is 555. The van der Waals surface area contributed by atoms with Gasteiger partial charge < -0.3 is 5.32 Å². The number of halogens is 2. The molecule has 1 atom stereocenters. The molecule has 1 aromatic heterocycles. The first-order valence-electron chi connectivity index (χ1n) is 6.13. The van der Waals surface area contributed by atoms with Crippen LogP contribution in [0.15, 0.2) is 28.9 Å². The summed E-state index contributed by atoms with van der Waals surface area (Å²) < 4.78 is 16.5. The van der Waals surface area contributed by atoms with E-state index < -0.39 is 0 Å². The van der Waals surface area contributed by atoms with Crippen molar-refractivity contribution in [2.24, 2.45) is 7.05 Å². The molecular weight excluding hydrogens is 311 g/mol. The Labute approximate surface area is 120 Å². The van der Waals surface area contributed by atoms with Gasteiger partial charge >= 0.3 is 0 Å². The molecule has 1 heterocycles. The van der Waals surface area contributed by atoms with Crippen molar-refractivity contribution in [1.82, 2.24) is 20.3 Å². The van der Waals surface area contributed by atoms with Crippen molar-refractivity contribution in [1.29, 1.82) is 0 Å². The first-order valence-corrected chi connectivity index (χ1v) is 6.93. The molecule has 19 heavy (non-hydrogen) atoms. The van der Waals surface area contributed by atoms with Gasteiger partial charge in [0.2, 0.25) is 0 Å². The van der Waals surface area contributed by atoms with Crippen molar-refractivity contribution < 1.29 is 4.39 Å². The zero-order valence-corrected chi connectivity index (χ0v) is 12.5. The van der Waals surface area contributed by atoms with E-state index in [0.717, 1.165) is 16.7 Å². The normalized spacial score (nSPS) is 12.6. The Morgan fingerprint density at radius 2 is 2.26 bits per heavy atom. The molecule has 0 saturated heterocycles. The lowest BCUT2D eigenvalue weighted by Gasteiger charge is -2.18. The molecular formula is C13H16BrFN4.